The van der Waals surface area contributed by atoms with Gasteiger partial charge in [-0.05, 0) is 42.8 Å². The number of benzene rings is 2. The first kappa shape index (κ1) is 21.6. The van der Waals surface area contributed by atoms with Gasteiger partial charge in [-0.1, -0.05) is 18.2 Å². The molecule has 0 aliphatic heterocycles. The summed E-state index contributed by atoms with van der Waals surface area (Å²) in [5, 5.41) is 13.8. The van der Waals surface area contributed by atoms with Crippen molar-refractivity contribution < 1.29 is 28.9 Å². The van der Waals surface area contributed by atoms with Crippen LogP contribution in [0.4, 0.5) is 0 Å². The molecule has 1 aromatic heterocycles. The lowest BCUT2D eigenvalue weighted by atomic mass is 10.2. The number of rotatable bonds is 9. The normalized spacial score (nSPS) is 11.8. The van der Waals surface area contributed by atoms with Gasteiger partial charge < -0.3 is 19.3 Å². The smallest absolute Gasteiger partial charge is 0.344 e. The fourth-order valence-corrected chi connectivity index (χ4v) is 2.65. The third-order valence-corrected chi connectivity index (χ3v) is 4.20. The summed E-state index contributed by atoms with van der Waals surface area (Å²) in [5.41, 5.74) is 3.68. The predicted octanol–water partition coefficient (Wildman–Crippen LogP) is 2.62. The highest BCUT2D eigenvalue weighted by Crippen LogP contribution is 2.28. The van der Waals surface area contributed by atoms with Crippen molar-refractivity contribution in [2.24, 2.45) is 5.10 Å². The van der Waals surface area contributed by atoms with Gasteiger partial charge in [-0.2, -0.15) is 5.10 Å². The Morgan fingerprint density at radius 1 is 1.16 bits per heavy atom. The molecule has 0 aliphatic carbocycles. The molecule has 1 atom stereocenters. The highest BCUT2D eigenvalue weighted by molar-refractivity contribution is 5.86. The van der Waals surface area contributed by atoms with Crippen molar-refractivity contribution in [2.75, 3.05) is 13.7 Å². The van der Waals surface area contributed by atoms with Crippen LogP contribution < -0.4 is 19.6 Å². The number of pyridine rings is 1. The van der Waals surface area contributed by atoms with Gasteiger partial charge in [-0.3, -0.25) is 9.78 Å². The second kappa shape index (κ2) is 10.1. The Morgan fingerprint density at radius 3 is 2.74 bits per heavy atom. The van der Waals surface area contributed by atoms with E-state index < -0.39 is 18.0 Å². The number of carbonyl (C=O) groups is 2. The summed E-state index contributed by atoms with van der Waals surface area (Å²) < 4.78 is 16.1. The van der Waals surface area contributed by atoms with Crippen LogP contribution in [0.25, 0.3) is 10.9 Å². The van der Waals surface area contributed by atoms with Crippen LogP contribution in [-0.4, -0.2) is 48.0 Å². The second-order valence-electron chi connectivity index (χ2n) is 6.42. The largest absolute Gasteiger partial charge is 0.493 e. The highest BCUT2D eigenvalue weighted by atomic mass is 16.5. The number of ether oxygens (including phenoxy) is 3. The van der Waals surface area contributed by atoms with E-state index in [0.717, 1.165) is 5.39 Å². The van der Waals surface area contributed by atoms with Crippen LogP contribution in [0, 0.1) is 0 Å². The lowest BCUT2D eigenvalue weighted by Gasteiger charge is -2.14. The minimum atomic E-state index is -1.09. The topological polar surface area (TPSA) is 119 Å². The number of carbonyl (C=O) groups excluding carboxylic acids is 1. The quantitative estimate of drug-likeness (QED) is 0.401. The van der Waals surface area contributed by atoms with Gasteiger partial charge >= 0.3 is 5.97 Å². The first-order valence-corrected chi connectivity index (χ1v) is 9.34. The third-order valence-electron chi connectivity index (χ3n) is 4.20. The second-order valence-corrected chi connectivity index (χ2v) is 6.42. The van der Waals surface area contributed by atoms with Gasteiger partial charge in [0.2, 0.25) is 0 Å². The first-order chi connectivity index (χ1) is 15.0. The fraction of sp³-hybridized carbons (Fsp3) is 0.182. The summed E-state index contributed by atoms with van der Waals surface area (Å²) in [7, 11) is 1.44. The zero-order chi connectivity index (χ0) is 22.2. The third kappa shape index (κ3) is 5.69. The van der Waals surface area contributed by atoms with Gasteiger partial charge in [0, 0.05) is 11.6 Å². The number of carboxylic acids is 1. The number of carboxylic acid groups (broad SMARTS) is 1. The molecule has 3 rings (SSSR count). The maximum absolute atomic E-state index is 12.0. The van der Waals surface area contributed by atoms with E-state index in [2.05, 4.69) is 15.5 Å². The average molecular weight is 423 g/mol. The summed E-state index contributed by atoms with van der Waals surface area (Å²) in [4.78, 5) is 27.2. The Hall–Kier alpha value is -4.14. The summed E-state index contributed by atoms with van der Waals surface area (Å²) in [6.45, 7) is 1.19. The Balaban J connectivity index is 1.57. The van der Waals surface area contributed by atoms with Crippen LogP contribution in [0.2, 0.25) is 0 Å². The van der Waals surface area contributed by atoms with Gasteiger partial charge in [0.05, 0.1) is 13.3 Å². The molecule has 0 saturated carbocycles. The number of hydrogen-bond acceptors (Lipinski definition) is 7. The summed E-state index contributed by atoms with van der Waals surface area (Å²) in [5.74, 6) is -0.387. The van der Waals surface area contributed by atoms with Gasteiger partial charge in [-0.15, -0.1) is 0 Å². The molecule has 9 heteroatoms. The number of nitrogens with zero attached hydrogens (tertiary/aromatic N) is 2. The van der Waals surface area contributed by atoms with Crippen LogP contribution in [0.3, 0.4) is 0 Å². The van der Waals surface area contributed by atoms with E-state index >= 15 is 0 Å². The Labute approximate surface area is 178 Å². The fourth-order valence-electron chi connectivity index (χ4n) is 2.65. The van der Waals surface area contributed by atoms with Crippen molar-refractivity contribution in [3.63, 3.8) is 0 Å². The number of aromatic nitrogens is 1. The molecular weight excluding hydrogens is 402 g/mol. The molecular formula is C22H21N3O6. The van der Waals surface area contributed by atoms with Gasteiger partial charge in [-0.25, -0.2) is 10.2 Å². The highest BCUT2D eigenvalue weighted by Gasteiger charge is 2.15. The summed E-state index contributed by atoms with van der Waals surface area (Å²) in [6.07, 6.45) is 2.06. The lowest BCUT2D eigenvalue weighted by Crippen LogP contribution is -2.24. The molecule has 0 aliphatic rings. The summed E-state index contributed by atoms with van der Waals surface area (Å²) in [6, 6.07) is 14.0. The van der Waals surface area contributed by atoms with Gasteiger partial charge in [0.15, 0.2) is 24.2 Å². The molecule has 2 aromatic carbocycles. The molecule has 0 spiro atoms. The molecule has 9 nitrogen and oxygen atoms in total. The van der Waals surface area contributed by atoms with Crippen LogP contribution in [0.5, 0.6) is 17.2 Å². The van der Waals surface area contributed by atoms with Crippen LogP contribution in [-0.2, 0) is 9.59 Å². The number of methoxy groups -OCH3 is 1. The maximum Gasteiger partial charge on any atom is 0.344 e. The van der Waals surface area contributed by atoms with Crippen LogP contribution >= 0.6 is 0 Å². The molecule has 1 heterocycles. The molecule has 31 heavy (non-hydrogen) atoms. The first-order valence-electron chi connectivity index (χ1n) is 9.34. The Bertz CT molecular complexity index is 1110. The van der Waals surface area contributed by atoms with Crippen molar-refractivity contribution in [3.05, 3.63) is 60.3 Å². The molecule has 0 radical (unpaired) electrons. The average Bonchev–Trinajstić information content (AvgIpc) is 2.78. The summed E-state index contributed by atoms with van der Waals surface area (Å²) >= 11 is 0. The van der Waals surface area contributed by atoms with E-state index in [1.54, 1.807) is 30.5 Å². The van der Waals surface area contributed by atoms with Crippen molar-refractivity contribution in [3.8, 4) is 17.2 Å². The van der Waals surface area contributed by atoms with E-state index in [0.29, 0.717) is 22.6 Å². The Morgan fingerprint density at radius 2 is 1.97 bits per heavy atom. The lowest BCUT2D eigenvalue weighted by molar-refractivity contribution is -0.144. The van der Waals surface area contributed by atoms with Crippen LogP contribution in [0.15, 0.2) is 59.8 Å². The molecule has 1 amide bonds. The molecule has 2 N–H and O–H groups in total. The molecule has 3 aromatic rings. The zero-order valence-corrected chi connectivity index (χ0v) is 16.9. The standard InChI is InChI=1S/C22H21N3O6/c1-14(22(27)28)31-17-9-8-15(11-19(17)29-2)12-24-25-20(26)13-30-18-7-3-5-16-6-4-10-23-21(16)18/h3-12,14H,13H2,1-2H3,(H,25,26)(H,27,28)/b24-12-/t14-/m0/s1. The van der Waals surface area contributed by atoms with E-state index in [9.17, 15) is 9.59 Å². The molecule has 0 unspecified atom stereocenters. The number of amides is 1. The van der Waals surface area contributed by atoms with Gasteiger partial charge in [0.25, 0.3) is 5.91 Å². The molecule has 0 fully saturated rings. The van der Waals surface area contributed by atoms with E-state index in [-0.39, 0.29) is 12.4 Å². The predicted molar refractivity (Wildman–Crippen MR) is 114 cm³/mol. The number of hydrazone groups is 1. The van der Waals surface area contributed by atoms with Gasteiger partial charge in [0.1, 0.15) is 11.3 Å². The van der Waals surface area contributed by atoms with E-state index in [1.165, 1.54) is 20.2 Å². The minimum Gasteiger partial charge on any atom is -0.493 e. The number of para-hydroxylation sites is 1. The number of aliphatic carboxylic acids is 1. The van der Waals surface area contributed by atoms with E-state index in [1.807, 2.05) is 24.3 Å². The van der Waals surface area contributed by atoms with Crippen molar-refractivity contribution in [2.45, 2.75) is 13.0 Å². The van der Waals surface area contributed by atoms with E-state index in [4.69, 9.17) is 19.3 Å². The molecule has 160 valence electrons. The van der Waals surface area contributed by atoms with Crippen molar-refractivity contribution >= 4 is 29.0 Å². The number of nitrogens with one attached hydrogen (secondary N) is 1. The number of fused-ring (bicyclic) bond motifs is 1. The van der Waals surface area contributed by atoms with Crippen molar-refractivity contribution in [1.82, 2.24) is 10.4 Å². The zero-order valence-electron chi connectivity index (χ0n) is 16.9. The monoisotopic (exact) mass is 423 g/mol. The maximum atomic E-state index is 12.0. The molecule has 0 saturated heterocycles. The van der Waals surface area contributed by atoms with Crippen LogP contribution in [0.1, 0.15) is 12.5 Å². The number of hydrogen-bond donors (Lipinski definition) is 2. The SMILES string of the molecule is COc1cc(/C=N\NC(=O)COc2cccc3cccnc23)ccc1O[C@@H](C)C(=O)O. The Kier molecular flexibility index (Phi) is 7.00. The minimum absolute atomic E-state index is 0.226. The molecule has 0 bridgehead atoms. The van der Waals surface area contributed by atoms with Crippen molar-refractivity contribution in [1.29, 1.82) is 0 Å².